The smallest absolute Gasteiger partial charge is 0.315 e. The van der Waals surface area contributed by atoms with Crippen molar-refractivity contribution >= 4 is 17.2 Å². The van der Waals surface area contributed by atoms with Crippen LogP contribution in [0.3, 0.4) is 0 Å². The maximum atomic E-state index is 13.0. The van der Waals surface area contributed by atoms with Gasteiger partial charge < -0.3 is 10.4 Å². The number of carbonyl (C=O) groups excluding carboxylic acids is 1. The molecule has 132 valence electrons. The number of rotatable bonds is 7. The number of halogens is 3. The second-order valence-corrected chi connectivity index (χ2v) is 6.41. The minimum Gasteiger partial charge on any atom is -0.386 e. The molecule has 4 nitrogen and oxygen atoms in total. The topological polar surface area (TPSA) is 73.1 Å². The predicted octanol–water partition coefficient (Wildman–Crippen LogP) is 3.23. The number of nitriles is 1. The first-order valence-corrected chi connectivity index (χ1v) is 8.16. The average Bonchev–Trinajstić information content (AvgIpc) is 3.08. The first kappa shape index (κ1) is 19.0. The zero-order valence-electron chi connectivity index (χ0n) is 13.0. The van der Waals surface area contributed by atoms with Crippen molar-refractivity contribution in [2.45, 2.75) is 25.0 Å². The highest BCUT2D eigenvalue weighted by Crippen LogP contribution is 2.29. The summed E-state index contributed by atoms with van der Waals surface area (Å²) in [5.74, 6) is -1.62. The normalized spacial score (nSPS) is 13.3. The Morgan fingerprint density at radius 1 is 1.24 bits per heavy atom. The van der Waals surface area contributed by atoms with Gasteiger partial charge in [0.2, 0.25) is 0 Å². The molecule has 1 heterocycles. The Kier molecular flexibility index (Phi) is 6.56. The van der Waals surface area contributed by atoms with E-state index in [0.29, 0.717) is 12.0 Å². The number of aliphatic hydroxyl groups is 1. The molecule has 0 aliphatic heterocycles. The van der Waals surface area contributed by atoms with E-state index in [-0.39, 0.29) is 0 Å². The zero-order valence-corrected chi connectivity index (χ0v) is 13.8. The van der Waals surface area contributed by atoms with Gasteiger partial charge in [0.25, 0.3) is 5.91 Å². The summed E-state index contributed by atoms with van der Waals surface area (Å²) in [5.41, 5.74) is 1.15. The van der Waals surface area contributed by atoms with Gasteiger partial charge in [-0.2, -0.15) is 14.0 Å². The molecule has 2 atom stereocenters. The van der Waals surface area contributed by atoms with Gasteiger partial charge in [0, 0.05) is 9.75 Å². The molecule has 2 rings (SSSR count). The molecule has 0 bridgehead atoms. The van der Waals surface area contributed by atoms with Gasteiger partial charge in [-0.1, -0.05) is 24.3 Å². The number of benzene rings is 1. The van der Waals surface area contributed by atoms with Crippen LogP contribution in [0.25, 0.3) is 10.4 Å². The van der Waals surface area contributed by atoms with Crippen LogP contribution in [0.4, 0.5) is 13.2 Å². The van der Waals surface area contributed by atoms with E-state index in [4.69, 9.17) is 5.26 Å². The second kappa shape index (κ2) is 8.65. The highest BCUT2D eigenvalue weighted by atomic mass is 32.1. The van der Waals surface area contributed by atoms with E-state index in [9.17, 15) is 23.1 Å². The lowest BCUT2D eigenvalue weighted by molar-refractivity contribution is -0.133. The Bertz CT molecular complexity index is 756. The maximum absolute atomic E-state index is 13.0. The van der Waals surface area contributed by atoms with Crippen molar-refractivity contribution in [1.82, 2.24) is 5.32 Å². The van der Waals surface area contributed by atoms with Crippen LogP contribution in [0.2, 0.25) is 0 Å². The number of aliphatic hydroxyl groups excluding tert-OH is 1. The molecule has 2 N–H and O–H groups in total. The highest BCUT2D eigenvalue weighted by Gasteiger charge is 2.26. The summed E-state index contributed by atoms with van der Waals surface area (Å²) in [6, 6.07) is 10.8. The molecule has 0 aliphatic rings. The van der Waals surface area contributed by atoms with Gasteiger partial charge in [0.1, 0.15) is 12.8 Å². The van der Waals surface area contributed by atoms with Gasteiger partial charge in [-0.25, -0.2) is 4.39 Å². The minimum absolute atomic E-state index is 0.301. The molecule has 1 amide bonds. The summed E-state index contributed by atoms with van der Waals surface area (Å²) >= 11 is 1.46. The number of thiophene rings is 1. The number of amides is 1. The minimum atomic E-state index is -3.27. The molecule has 0 aliphatic carbocycles. The maximum Gasteiger partial charge on any atom is 0.315 e. The average molecular weight is 368 g/mol. The Hall–Kier alpha value is -2.37. The zero-order chi connectivity index (χ0) is 18.4. The van der Waals surface area contributed by atoms with E-state index in [0.717, 1.165) is 15.3 Å². The van der Waals surface area contributed by atoms with Crippen LogP contribution < -0.4 is 5.32 Å². The fraction of sp³-hybridized carbons (Fsp3) is 0.294. The monoisotopic (exact) mass is 368 g/mol. The van der Waals surface area contributed by atoms with Crippen molar-refractivity contribution in [2.24, 2.45) is 0 Å². The summed E-state index contributed by atoms with van der Waals surface area (Å²) in [6.07, 6.45) is -4.40. The standard InChI is InChI=1S/C17H15F3N2O2S/c18-9-13(22-17(24)16(19)20)15(23)11-3-1-10(2-4-11)14-6-5-12(25-14)7-8-21/h1-6,13,15-16,23H,7,9H2,(H,22,24)/t13-,15-/m1/s1. The van der Waals surface area contributed by atoms with Crippen LogP contribution in [0.5, 0.6) is 0 Å². The van der Waals surface area contributed by atoms with E-state index in [1.807, 2.05) is 12.1 Å². The lowest BCUT2D eigenvalue weighted by atomic mass is 10.0. The van der Waals surface area contributed by atoms with E-state index >= 15 is 0 Å². The van der Waals surface area contributed by atoms with Crippen LogP contribution in [0.1, 0.15) is 16.5 Å². The van der Waals surface area contributed by atoms with Crippen LogP contribution in [-0.2, 0) is 11.2 Å². The Labute approximate surface area is 146 Å². The first-order valence-electron chi connectivity index (χ1n) is 7.34. The number of carbonyl (C=O) groups is 1. The molecule has 1 aromatic carbocycles. The van der Waals surface area contributed by atoms with Crippen molar-refractivity contribution < 1.29 is 23.1 Å². The summed E-state index contributed by atoms with van der Waals surface area (Å²) in [6.45, 7) is -1.18. The van der Waals surface area contributed by atoms with Gasteiger partial charge in [-0.3, -0.25) is 4.79 Å². The van der Waals surface area contributed by atoms with Crippen LogP contribution in [0, 0.1) is 11.3 Å². The summed E-state index contributed by atoms with van der Waals surface area (Å²) < 4.78 is 37.5. The molecule has 8 heteroatoms. The molecule has 0 spiro atoms. The van der Waals surface area contributed by atoms with Crippen molar-refractivity contribution in [3.8, 4) is 16.5 Å². The van der Waals surface area contributed by atoms with E-state index < -0.39 is 31.2 Å². The second-order valence-electron chi connectivity index (χ2n) is 5.24. The van der Waals surface area contributed by atoms with Crippen molar-refractivity contribution in [2.75, 3.05) is 6.67 Å². The third-order valence-electron chi connectivity index (χ3n) is 3.52. The molecule has 0 unspecified atom stereocenters. The van der Waals surface area contributed by atoms with Crippen LogP contribution in [0.15, 0.2) is 36.4 Å². The predicted molar refractivity (Wildman–Crippen MR) is 87.9 cm³/mol. The molecule has 2 aromatic rings. The number of alkyl halides is 3. The van der Waals surface area contributed by atoms with Crippen molar-refractivity contribution in [3.05, 3.63) is 46.8 Å². The van der Waals surface area contributed by atoms with Gasteiger partial charge in [-0.05, 0) is 23.3 Å². The number of nitrogens with zero attached hydrogens (tertiary/aromatic N) is 1. The molecule has 0 saturated carbocycles. The Morgan fingerprint density at radius 3 is 2.48 bits per heavy atom. The van der Waals surface area contributed by atoms with Crippen molar-refractivity contribution in [3.63, 3.8) is 0 Å². The van der Waals surface area contributed by atoms with Gasteiger partial charge in [-0.15, -0.1) is 11.3 Å². The third-order valence-corrected chi connectivity index (χ3v) is 4.66. The summed E-state index contributed by atoms with van der Waals surface area (Å²) in [4.78, 5) is 12.8. The molecule has 0 saturated heterocycles. The fourth-order valence-electron chi connectivity index (χ4n) is 2.23. The molecular formula is C17H15F3N2O2S. The Balaban J connectivity index is 2.11. The van der Waals surface area contributed by atoms with Crippen LogP contribution in [-0.4, -0.2) is 30.2 Å². The van der Waals surface area contributed by atoms with Gasteiger partial charge in [0.05, 0.1) is 18.5 Å². The lowest BCUT2D eigenvalue weighted by Crippen LogP contribution is -2.43. The number of hydrogen-bond donors (Lipinski definition) is 2. The lowest BCUT2D eigenvalue weighted by Gasteiger charge is -2.21. The van der Waals surface area contributed by atoms with E-state index in [1.165, 1.54) is 11.3 Å². The number of hydrogen-bond acceptors (Lipinski definition) is 4. The highest BCUT2D eigenvalue weighted by molar-refractivity contribution is 7.15. The first-order chi connectivity index (χ1) is 12.0. The molecule has 0 fully saturated rings. The van der Waals surface area contributed by atoms with Gasteiger partial charge in [0.15, 0.2) is 0 Å². The summed E-state index contributed by atoms with van der Waals surface area (Å²) in [7, 11) is 0. The summed E-state index contributed by atoms with van der Waals surface area (Å²) in [5, 5.41) is 20.6. The third kappa shape index (κ3) is 4.81. The fourth-order valence-corrected chi connectivity index (χ4v) is 3.18. The van der Waals surface area contributed by atoms with Gasteiger partial charge >= 0.3 is 6.43 Å². The molecule has 25 heavy (non-hydrogen) atoms. The SMILES string of the molecule is N#CCc1ccc(-c2ccc([C@@H](O)[C@@H](CF)NC(=O)C(F)F)cc2)s1. The largest absolute Gasteiger partial charge is 0.386 e. The Morgan fingerprint density at radius 2 is 1.92 bits per heavy atom. The van der Waals surface area contributed by atoms with E-state index in [2.05, 4.69) is 6.07 Å². The quantitative estimate of drug-likeness (QED) is 0.788. The molecule has 1 aromatic heterocycles. The van der Waals surface area contributed by atoms with Crippen LogP contribution >= 0.6 is 11.3 Å². The molecular weight excluding hydrogens is 353 g/mol. The number of nitrogens with one attached hydrogen (secondary N) is 1. The molecule has 0 radical (unpaired) electrons. The van der Waals surface area contributed by atoms with E-state index in [1.54, 1.807) is 29.6 Å². The van der Waals surface area contributed by atoms with Crippen molar-refractivity contribution in [1.29, 1.82) is 5.26 Å².